The summed E-state index contributed by atoms with van der Waals surface area (Å²) in [6.45, 7) is 4.45. The van der Waals surface area contributed by atoms with Gasteiger partial charge in [0.1, 0.15) is 12.4 Å². The average Bonchev–Trinajstić information content (AvgIpc) is 3.16. The van der Waals surface area contributed by atoms with Gasteiger partial charge in [-0.2, -0.15) is 10.1 Å². The summed E-state index contributed by atoms with van der Waals surface area (Å²) in [5.41, 5.74) is 2.70. The standard InChI is InChI=1S/C16H15FIN5O2/c1-9-14(18)10(2)23(21-9)8-13-20-16(25-22-13)15(24)19-7-11-3-5-12(17)6-4-11/h3-6H,7-8H2,1-2H3,(H,19,24). The first-order valence-corrected chi connectivity index (χ1v) is 8.56. The Hall–Kier alpha value is -2.30. The molecule has 0 saturated heterocycles. The fraction of sp³-hybridized carbons (Fsp3) is 0.250. The van der Waals surface area contributed by atoms with Crippen molar-refractivity contribution in [3.8, 4) is 0 Å². The second-order valence-corrected chi connectivity index (χ2v) is 6.55. The van der Waals surface area contributed by atoms with Gasteiger partial charge in [0.25, 0.3) is 0 Å². The summed E-state index contributed by atoms with van der Waals surface area (Å²) in [4.78, 5) is 16.2. The summed E-state index contributed by atoms with van der Waals surface area (Å²) in [7, 11) is 0. The van der Waals surface area contributed by atoms with Gasteiger partial charge in [-0.3, -0.25) is 9.48 Å². The lowest BCUT2D eigenvalue weighted by Gasteiger charge is -2.02. The first-order valence-electron chi connectivity index (χ1n) is 7.49. The van der Waals surface area contributed by atoms with Gasteiger partial charge in [-0.05, 0) is 54.1 Å². The molecule has 0 saturated carbocycles. The monoisotopic (exact) mass is 455 g/mol. The lowest BCUT2D eigenvalue weighted by Crippen LogP contribution is -2.23. The number of aryl methyl sites for hydroxylation is 1. The van der Waals surface area contributed by atoms with E-state index in [0.29, 0.717) is 12.4 Å². The van der Waals surface area contributed by atoms with Crippen molar-refractivity contribution in [3.63, 3.8) is 0 Å². The molecule has 0 unspecified atom stereocenters. The number of halogens is 2. The Labute approximate surface area is 156 Å². The van der Waals surface area contributed by atoms with Crippen molar-refractivity contribution in [3.05, 3.63) is 62.3 Å². The van der Waals surface area contributed by atoms with Crippen LogP contribution in [0.1, 0.15) is 33.5 Å². The van der Waals surface area contributed by atoms with Crippen LogP contribution in [-0.4, -0.2) is 25.8 Å². The topological polar surface area (TPSA) is 85.8 Å². The van der Waals surface area contributed by atoms with E-state index in [1.54, 1.807) is 16.8 Å². The van der Waals surface area contributed by atoms with Crippen LogP contribution in [0.2, 0.25) is 0 Å². The van der Waals surface area contributed by atoms with Gasteiger partial charge in [0.2, 0.25) is 0 Å². The van der Waals surface area contributed by atoms with E-state index in [9.17, 15) is 9.18 Å². The molecule has 0 aliphatic rings. The molecule has 3 rings (SSSR count). The molecule has 2 heterocycles. The van der Waals surface area contributed by atoms with Gasteiger partial charge in [-0.25, -0.2) is 4.39 Å². The zero-order chi connectivity index (χ0) is 18.0. The average molecular weight is 455 g/mol. The fourth-order valence-corrected chi connectivity index (χ4v) is 2.62. The van der Waals surface area contributed by atoms with Gasteiger partial charge in [-0.1, -0.05) is 17.3 Å². The Morgan fingerprint density at radius 1 is 1.32 bits per heavy atom. The summed E-state index contributed by atoms with van der Waals surface area (Å²) in [6, 6.07) is 5.86. The molecule has 7 nitrogen and oxygen atoms in total. The van der Waals surface area contributed by atoms with Crippen molar-refractivity contribution >= 4 is 28.5 Å². The quantitative estimate of drug-likeness (QED) is 0.598. The largest absolute Gasteiger partial charge is 0.344 e. The number of nitrogens with one attached hydrogen (secondary N) is 1. The SMILES string of the molecule is Cc1nn(Cc2noc(C(=O)NCc3ccc(F)cc3)n2)c(C)c1I. The van der Waals surface area contributed by atoms with Crippen LogP contribution in [-0.2, 0) is 13.1 Å². The molecule has 9 heteroatoms. The molecule has 0 aliphatic carbocycles. The van der Waals surface area contributed by atoms with Crippen LogP contribution in [0, 0.1) is 23.2 Å². The molecule has 0 radical (unpaired) electrons. The minimum Gasteiger partial charge on any atom is -0.344 e. The highest BCUT2D eigenvalue weighted by atomic mass is 127. The van der Waals surface area contributed by atoms with Gasteiger partial charge in [0.05, 0.1) is 9.26 Å². The van der Waals surface area contributed by atoms with Gasteiger partial charge in [0, 0.05) is 12.2 Å². The van der Waals surface area contributed by atoms with Crippen LogP contribution in [0.25, 0.3) is 0 Å². The number of hydrogen-bond donors (Lipinski definition) is 1. The van der Waals surface area contributed by atoms with Crippen LogP contribution in [0.3, 0.4) is 0 Å². The molecule has 130 valence electrons. The second kappa shape index (κ2) is 7.30. The number of nitrogens with zero attached hydrogens (tertiary/aromatic N) is 4. The van der Waals surface area contributed by atoms with E-state index in [0.717, 1.165) is 20.5 Å². The Morgan fingerprint density at radius 3 is 2.68 bits per heavy atom. The summed E-state index contributed by atoms with van der Waals surface area (Å²) in [5, 5.41) is 10.9. The van der Waals surface area contributed by atoms with Crippen LogP contribution >= 0.6 is 22.6 Å². The third-order valence-corrected chi connectivity index (χ3v) is 5.17. The Morgan fingerprint density at radius 2 is 2.04 bits per heavy atom. The number of rotatable bonds is 5. The normalized spacial score (nSPS) is 10.9. The van der Waals surface area contributed by atoms with Crippen LogP contribution < -0.4 is 5.32 Å². The summed E-state index contributed by atoms with van der Waals surface area (Å²) >= 11 is 2.23. The van der Waals surface area contributed by atoms with Crippen LogP contribution in [0.4, 0.5) is 4.39 Å². The molecule has 0 fully saturated rings. The Kier molecular flexibility index (Phi) is 5.11. The molecule has 3 aromatic rings. The van der Waals surface area contributed by atoms with Gasteiger partial charge in [0.15, 0.2) is 5.82 Å². The first kappa shape index (κ1) is 17.5. The molecule has 0 atom stereocenters. The molecular weight excluding hydrogens is 440 g/mol. The van der Waals surface area contributed by atoms with E-state index in [4.69, 9.17) is 4.52 Å². The molecule has 1 aromatic carbocycles. The zero-order valence-electron chi connectivity index (χ0n) is 13.6. The number of benzene rings is 1. The number of hydrogen-bond acceptors (Lipinski definition) is 5. The molecule has 2 aromatic heterocycles. The number of carbonyl (C=O) groups excluding carboxylic acids is 1. The molecule has 0 spiro atoms. The second-order valence-electron chi connectivity index (χ2n) is 5.47. The minimum atomic E-state index is -0.481. The maximum absolute atomic E-state index is 12.9. The van der Waals surface area contributed by atoms with E-state index >= 15 is 0 Å². The smallest absolute Gasteiger partial charge is 0.316 e. The highest BCUT2D eigenvalue weighted by Gasteiger charge is 2.17. The minimum absolute atomic E-state index is 0.117. The molecular formula is C16H15FIN5O2. The van der Waals surface area contributed by atoms with Crippen molar-refractivity contribution in [1.29, 1.82) is 0 Å². The van der Waals surface area contributed by atoms with Crippen LogP contribution in [0.5, 0.6) is 0 Å². The third-order valence-electron chi connectivity index (χ3n) is 3.61. The maximum Gasteiger partial charge on any atom is 0.316 e. The van der Waals surface area contributed by atoms with Crippen molar-refractivity contribution in [1.82, 2.24) is 25.2 Å². The van der Waals surface area contributed by atoms with E-state index in [1.165, 1.54) is 12.1 Å². The Balaban J connectivity index is 1.63. The van der Waals surface area contributed by atoms with Crippen LogP contribution in [0.15, 0.2) is 28.8 Å². The molecule has 0 aliphatic heterocycles. The molecule has 0 bridgehead atoms. The van der Waals surface area contributed by atoms with Gasteiger partial charge >= 0.3 is 11.8 Å². The third kappa shape index (κ3) is 4.03. The van der Waals surface area contributed by atoms with E-state index in [1.807, 2.05) is 13.8 Å². The van der Waals surface area contributed by atoms with Crippen molar-refractivity contribution < 1.29 is 13.7 Å². The van der Waals surface area contributed by atoms with Crippen molar-refractivity contribution in [2.45, 2.75) is 26.9 Å². The van der Waals surface area contributed by atoms with E-state index in [2.05, 4.69) is 43.1 Å². The summed E-state index contributed by atoms with van der Waals surface area (Å²) in [5.74, 6) is -0.552. The summed E-state index contributed by atoms with van der Waals surface area (Å²) in [6.07, 6.45) is 0. The molecule has 1 N–H and O–H groups in total. The van der Waals surface area contributed by atoms with Gasteiger partial charge < -0.3 is 9.84 Å². The predicted octanol–water partition coefficient (Wildman–Crippen LogP) is 2.60. The van der Waals surface area contributed by atoms with E-state index < -0.39 is 5.91 Å². The van der Waals surface area contributed by atoms with Crippen molar-refractivity contribution in [2.75, 3.05) is 0 Å². The zero-order valence-corrected chi connectivity index (χ0v) is 15.7. The number of amides is 1. The Bertz CT molecular complexity index is 904. The van der Waals surface area contributed by atoms with E-state index in [-0.39, 0.29) is 18.3 Å². The first-order chi connectivity index (χ1) is 11.9. The lowest BCUT2D eigenvalue weighted by atomic mass is 10.2. The van der Waals surface area contributed by atoms with Gasteiger partial charge in [-0.15, -0.1) is 0 Å². The number of carbonyl (C=O) groups is 1. The number of aromatic nitrogens is 4. The predicted molar refractivity (Wildman–Crippen MR) is 95.4 cm³/mol. The fourth-order valence-electron chi connectivity index (χ4n) is 2.23. The highest BCUT2D eigenvalue weighted by molar-refractivity contribution is 14.1. The maximum atomic E-state index is 12.9. The molecule has 1 amide bonds. The summed E-state index contributed by atoms with van der Waals surface area (Å²) < 4.78 is 20.7. The lowest BCUT2D eigenvalue weighted by molar-refractivity contribution is 0.0907. The molecule has 25 heavy (non-hydrogen) atoms. The van der Waals surface area contributed by atoms with Crippen molar-refractivity contribution in [2.24, 2.45) is 0 Å². The highest BCUT2D eigenvalue weighted by Crippen LogP contribution is 2.16.